The number of likely N-dealkylation sites (N-methyl/N-ethyl adjacent to an activating group) is 1. The Bertz CT molecular complexity index is 986. The summed E-state index contributed by atoms with van der Waals surface area (Å²) in [5, 5.41) is 4.28. The number of fused-ring (bicyclic) bond motifs is 1. The first-order chi connectivity index (χ1) is 13.9. The average Bonchev–Trinajstić information content (AvgIpc) is 3.36. The zero-order valence-electron chi connectivity index (χ0n) is 16.2. The summed E-state index contributed by atoms with van der Waals surface area (Å²) in [7, 11) is 3.59. The van der Waals surface area contributed by atoms with Crippen molar-refractivity contribution in [1.82, 2.24) is 19.6 Å². The molecule has 6 nitrogen and oxygen atoms in total. The van der Waals surface area contributed by atoms with E-state index in [-0.39, 0.29) is 12.0 Å². The molecular formula is C20H22F3N5O. The largest absolute Gasteiger partial charge is 0.416 e. The molecule has 0 saturated heterocycles. The van der Waals surface area contributed by atoms with E-state index in [2.05, 4.69) is 20.0 Å². The third-order valence-corrected chi connectivity index (χ3v) is 5.58. The van der Waals surface area contributed by atoms with Crippen molar-refractivity contribution in [1.29, 1.82) is 0 Å². The molecule has 0 aliphatic heterocycles. The van der Waals surface area contributed by atoms with Crippen LogP contribution in [-0.4, -0.2) is 39.8 Å². The second-order valence-electron chi connectivity index (χ2n) is 7.35. The lowest BCUT2D eigenvalue weighted by atomic mass is 9.92. The minimum atomic E-state index is -4.32. The molecule has 2 atom stereocenters. The number of nitrogens with zero attached hydrogens (tertiary/aromatic N) is 5. The first-order valence-electron chi connectivity index (χ1n) is 9.47. The number of alkyl halides is 3. The highest BCUT2D eigenvalue weighted by Gasteiger charge is 2.34. The van der Waals surface area contributed by atoms with E-state index >= 15 is 0 Å². The fourth-order valence-corrected chi connectivity index (χ4v) is 4.20. The molecule has 1 saturated carbocycles. The van der Waals surface area contributed by atoms with Crippen LogP contribution in [-0.2, 0) is 17.5 Å². The molecule has 9 heteroatoms. The van der Waals surface area contributed by atoms with E-state index in [1.807, 2.05) is 13.1 Å². The minimum absolute atomic E-state index is 0.136. The quantitative estimate of drug-likeness (QED) is 0.641. The lowest BCUT2D eigenvalue weighted by molar-refractivity contribution is -0.137. The molecule has 3 aromatic rings. The van der Waals surface area contributed by atoms with Gasteiger partial charge in [0.15, 0.2) is 0 Å². The maximum Gasteiger partial charge on any atom is 0.416 e. The Morgan fingerprint density at radius 2 is 1.97 bits per heavy atom. The molecule has 0 radical (unpaired) electrons. The SMILES string of the molecule is COCc1cc(N(C)[C@H]2CCC[C@@H]2c2ccc(C(F)(F)F)cc2)n2ncnc2n1. The number of rotatable bonds is 5. The van der Waals surface area contributed by atoms with Gasteiger partial charge in [-0.05, 0) is 30.5 Å². The van der Waals surface area contributed by atoms with Crippen LogP contribution in [0.4, 0.5) is 19.0 Å². The van der Waals surface area contributed by atoms with Crippen LogP contribution in [0.2, 0.25) is 0 Å². The van der Waals surface area contributed by atoms with Gasteiger partial charge in [0, 0.05) is 32.2 Å². The number of anilines is 1. The van der Waals surface area contributed by atoms with Crippen LogP contribution in [0, 0.1) is 0 Å². The number of hydrogen-bond donors (Lipinski definition) is 0. The summed E-state index contributed by atoms with van der Waals surface area (Å²) < 4.78 is 45.6. The van der Waals surface area contributed by atoms with E-state index in [9.17, 15) is 13.2 Å². The standard InChI is InChI=1S/C20H22F3N5O/c1-27(18-10-15(11-29-2)26-19-24-12-25-28(18)19)17-5-3-4-16(17)13-6-8-14(9-7-13)20(21,22)23/h6-10,12,16-17H,3-5,11H2,1-2H3/t16-,17+/m1/s1. The summed E-state index contributed by atoms with van der Waals surface area (Å²) in [6, 6.07) is 7.61. The molecule has 1 fully saturated rings. The molecule has 0 unspecified atom stereocenters. The van der Waals surface area contributed by atoms with Crippen molar-refractivity contribution in [2.45, 2.75) is 44.0 Å². The number of methoxy groups -OCH3 is 1. The summed E-state index contributed by atoms with van der Waals surface area (Å²) >= 11 is 0. The first kappa shape index (κ1) is 19.6. The molecule has 4 rings (SSSR count). The third kappa shape index (κ3) is 3.78. The predicted molar refractivity (Wildman–Crippen MR) is 102 cm³/mol. The zero-order chi connectivity index (χ0) is 20.6. The number of benzene rings is 1. The van der Waals surface area contributed by atoms with Gasteiger partial charge in [-0.2, -0.15) is 27.8 Å². The highest BCUT2D eigenvalue weighted by atomic mass is 19.4. The number of aromatic nitrogens is 4. The van der Waals surface area contributed by atoms with Gasteiger partial charge in [-0.25, -0.2) is 4.98 Å². The minimum Gasteiger partial charge on any atom is -0.378 e. The number of ether oxygens (including phenoxy) is 1. The Morgan fingerprint density at radius 1 is 1.21 bits per heavy atom. The highest BCUT2D eigenvalue weighted by molar-refractivity contribution is 5.48. The van der Waals surface area contributed by atoms with Crippen molar-refractivity contribution in [3.63, 3.8) is 0 Å². The van der Waals surface area contributed by atoms with Gasteiger partial charge in [0.25, 0.3) is 5.78 Å². The molecule has 2 heterocycles. The molecule has 0 spiro atoms. The van der Waals surface area contributed by atoms with Gasteiger partial charge in [0.2, 0.25) is 0 Å². The van der Waals surface area contributed by atoms with Crippen molar-refractivity contribution >= 4 is 11.6 Å². The first-order valence-corrected chi connectivity index (χ1v) is 9.47. The van der Waals surface area contributed by atoms with E-state index in [0.29, 0.717) is 12.4 Å². The molecule has 154 valence electrons. The third-order valence-electron chi connectivity index (χ3n) is 5.58. The average molecular weight is 405 g/mol. The van der Waals surface area contributed by atoms with E-state index in [0.717, 1.165) is 36.3 Å². The predicted octanol–water partition coefficient (Wildman–Crippen LogP) is 4.06. The molecular weight excluding hydrogens is 383 g/mol. The maximum atomic E-state index is 12.9. The van der Waals surface area contributed by atoms with Gasteiger partial charge < -0.3 is 9.64 Å². The summed E-state index contributed by atoms with van der Waals surface area (Å²) in [5.41, 5.74) is 1.05. The fourth-order valence-electron chi connectivity index (χ4n) is 4.20. The lowest BCUT2D eigenvalue weighted by Crippen LogP contribution is -2.35. The molecule has 1 aliphatic carbocycles. The molecule has 29 heavy (non-hydrogen) atoms. The van der Waals surface area contributed by atoms with E-state index in [1.165, 1.54) is 18.5 Å². The van der Waals surface area contributed by atoms with Crippen LogP contribution in [0.3, 0.4) is 0 Å². The monoisotopic (exact) mass is 405 g/mol. The molecule has 0 amide bonds. The van der Waals surface area contributed by atoms with E-state index in [4.69, 9.17) is 4.74 Å². The second kappa shape index (κ2) is 7.62. The number of halogens is 3. The van der Waals surface area contributed by atoms with Crippen LogP contribution in [0.25, 0.3) is 5.78 Å². The van der Waals surface area contributed by atoms with Gasteiger partial charge >= 0.3 is 6.18 Å². The fraction of sp³-hybridized carbons (Fsp3) is 0.450. The van der Waals surface area contributed by atoms with Crippen LogP contribution in [0.5, 0.6) is 0 Å². The zero-order valence-corrected chi connectivity index (χ0v) is 16.2. The summed E-state index contributed by atoms with van der Waals surface area (Å²) in [6.07, 6.45) is 0.0184. The van der Waals surface area contributed by atoms with Crippen LogP contribution in [0.1, 0.15) is 42.0 Å². The lowest BCUT2D eigenvalue weighted by Gasteiger charge is -2.32. The Hall–Kier alpha value is -2.68. The molecule has 2 aromatic heterocycles. The molecule has 1 aromatic carbocycles. The summed E-state index contributed by atoms with van der Waals surface area (Å²) in [4.78, 5) is 10.8. The van der Waals surface area contributed by atoms with Crippen LogP contribution in [0.15, 0.2) is 36.7 Å². The van der Waals surface area contributed by atoms with Gasteiger partial charge in [0.1, 0.15) is 12.1 Å². The van der Waals surface area contributed by atoms with Crippen molar-refractivity contribution in [3.05, 3.63) is 53.5 Å². The Balaban J connectivity index is 1.65. The summed E-state index contributed by atoms with van der Waals surface area (Å²) in [5.74, 6) is 1.47. The van der Waals surface area contributed by atoms with Gasteiger partial charge in [-0.1, -0.05) is 18.6 Å². The van der Waals surface area contributed by atoms with Crippen molar-refractivity contribution in [2.24, 2.45) is 0 Å². The molecule has 1 aliphatic rings. The number of hydrogen-bond acceptors (Lipinski definition) is 5. The summed E-state index contributed by atoms with van der Waals surface area (Å²) in [6.45, 7) is 0.358. The van der Waals surface area contributed by atoms with Crippen molar-refractivity contribution < 1.29 is 17.9 Å². The van der Waals surface area contributed by atoms with Crippen LogP contribution >= 0.6 is 0 Å². The van der Waals surface area contributed by atoms with Crippen LogP contribution < -0.4 is 4.90 Å². The second-order valence-corrected chi connectivity index (χ2v) is 7.35. The topological polar surface area (TPSA) is 55.6 Å². The van der Waals surface area contributed by atoms with Crippen molar-refractivity contribution in [2.75, 3.05) is 19.1 Å². The van der Waals surface area contributed by atoms with E-state index < -0.39 is 11.7 Å². The normalized spacial score (nSPS) is 19.8. The van der Waals surface area contributed by atoms with Gasteiger partial charge in [0.05, 0.1) is 17.9 Å². The Morgan fingerprint density at radius 3 is 2.66 bits per heavy atom. The maximum absolute atomic E-state index is 12.9. The van der Waals surface area contributed by atoms with Gasteiger partial charge in [-0.3, -0.25) is 0 Å². The molecule has 0 bridgehead atoms. The Kier molecular flexibility index (Phi) is 5.16. The van der Waals surface area contributed by atoms with E-state index in [1.54, 1.807) is 23.8 Å². The van der Waals surface area contributed by atoms with Gasteiger partial charge in [-0.15, -0.1) is 0 Å². The smallest absolute Gasteiger partial charge is 0.378 e. The highest BCUT2D eigenvalue weighted by Crippen LogP contribution is 2.40. The Labute approximate surface area is 166 Å². The van der Waals surface area contributed by atoms with Crippen molar-refractivity contribution in [3.8, 4) is 0 Å². The molecule has 0 N–H and O–H groups in total.